The Morgan fingerprint density at radius 2 is 2.24 bits per heavy atom. The Labute approximate surface area is 129 Å². The van der Waals surface area contributed by atoms with Gasteiger partial charge in [-0.15, -0.1) is 0 Å². The first-order chi connectivity index (χ1) is 9.92. The summed E-state index contributed by atoms with van der Waals surface area (Å²) in [5.41, 5.74) is -0.618. The molecule has 0 aliphatic carbocycles. The molecule has 1 fully saturated rings. The lowest BCUT2D eigenvalue weighted by Crippen LogP contribution is -2.56. The first kappa shape index (κ1) is 18.4. The van der Waals surface area contributed by atoms with Crippen LogP contribution in [0.5, 0.6) is 0 Å². The molecule has 5 heteroatoms. The second-order valence-corrected chi connectivity index (χ2v) is 6.21. The van der Waals surface area contributed by atoms with Crippen molar-refractivity contribution in [2.24, 2.45) is 0 Å². The van der Waals surface area contributed by atoms with Crippen LogP contribution in [-0.2, 0) is 14.3 Å². The molecule has 0 aromatic rings. The van der Waals surface area contributed by atoms with Crippen LogP contribution in [0.3, 0.4) is 0 Å². The summed E-state index contributed by atoms with van der Waals surface area (Å²) in [6, 6.07) is 0.315. The number of carbonyl (C=O) groups excluding carboxylic acids is 1. The van der Waals surface area contributed by atoms with Crippen molar-refractivity contribution in [3.05, 3.63) is 0 Å². The molecule has 0 spiro atoms. The summed E-state index contributed by atoms with van der Waals surface area (Å²) in [6.07, 6.45) is 2.01. The van der Waals surface area contributed by atoms with Crippen LogP contribution in [0.2, 0.25) is 0 Å². The van der Waals surface area contributed by atoms with Crippen LogP contribution in [0, 0.1) is 0 Å². The highest BCUT2D eigenvalue weighted by molar-refractivity contribution is 5.80. The maximum atomic E-state index is 12.3. The molecule has 1 N–H and O–H groups in total. The van der Waals surface area contributed by atoms with Gasteiger partial charge in [-0.1, -0.05) is 6.92 Å². The van der Waals surface area contributed by atoms with Crippen LogP contribution in [0.15, 0.2) is 0 Å². The van der Waals surface area contributed by atoms with Crippen molar-refractivity contribution < 1.29 is 14.3 Å². The van der Waals surface area contributed by atoms with E-state index in [2.05, 4.69) is 31.0 Å². The van der Waals surface area contributed by atoms with Gasteiger partial charge >= 0.3 is 5.97 Å². The minimum atomic E-state index is -0.618. The Morgan fingerprint density at radius 3 is 2.81 bits per heavy atom. The Balaban J connectivity index is 2.67. The van der Waals surface area contributed by atoms with Crippen molar-refractivity contribution in [3.63, 3.8) is 0 Å². The minimum Gasteiger partial charge on any atom is -0.465 e. The summed E-state index contributed by atoms with van der Waals surface area (Å²) in [4.78, 5) is 14.7. The smallest absolute Gasteiger partial charge is 0.326 e. The van der Waals surface area contributed by atoms with E-state index in [-0.39, 0.29) is 12.1 Å². The van der Waals surface area contributed by atoms with Crippen LogP contribution < -0.4 is 5.32 Å². The van der Waals surface area contributed by atoms with Crippen molar-refractivity contribution in [2.75, 3.05) is 32.8 Å². The first-order valence-corrected chi connectivity index (χ1v) is 8.20. The number of ether oxygens (including phenoxy) is 2. The van der Waals surface area contributed by atoms with Crippen LogP contribution in [-0.4, -0.2) is 61.4 Å². The number of carbonyl (C=O) groups is 1. The molecule has 1 rings (SSSR count). The molecule has 0 bridgehead atoms. The number of nitrogens with zero attached hydrogens (tertiary/aromatic N) is 1. The summed E-state index contributed by atoms with van der Waals surface area (Å²) in [5, 5.41) is 3.38. The summed E-state index contributed by atoms with van der Waals surface area (Å²) >= 11 is 0. The molecule has 1 aliphatic rings. The Kier molecular flexibility index (Phi) is 7.63. The number of hydrogen-bond acceptors (Lipinski definition) is 5. The lowest BCUT2D eigenvalue weighted by molar-refractivity contribution is -0.151. The third-order valence-corrected chi connectivity index (χ3v) is 4.09. The standard InChI is InChI=1S/C16H32N2O3/c1-6-8-17-16(5,15(19)20-7-2)11-13(3)18-9-10-21-14(4)12-18/h13-14,17H,6-12H2,1-5H3. The zero-order chi connectivity index (χ0) is 15.9. The molecule has 1 aliphatic heterocycles. The summed E-state index contributed by atoms with van der Waals surface area (Å²) in [5.74, 6) is -0.147. The van der Waals surface area contributed by atoms with E-state index in [0.717, 1.165) is 39.1 Å². The number of hydrogen-bond donors (Lipinski definition) is 1. The maximum Gasteiger partial charge on any atom is 0.326 e. The second-order valence-electron chi connectivity index (χ2n) is 6.21. The number of rotatable bonds is 8. The van der Waals surface area contributed by atoms with Crippen LogP contribution >= 0.6 is 0 Å². The molecular formula is C16H32N2O3. The predicted molar refractivity (Wildman–Crippen MR) is 84.4 cm³/mol. The third kappa shape index (κ3) is 5.57. The molecule has 0 radical (unpaired) electrons. The molecular weight excluding hydrogens is 268 g/mol. The highest BCUT2D eigenvalue weighted by Gasteiger charge is 2.37. The van der Waals surface area contributed by atoms with Gasteiger partial charge in [-0.25, -0.2) is 0 Å². The van der Waals surface area contributed by atoms with Gasteiger partial charge in [0.05, 0.1) is 19.3 Å². The zero-order valence-corrected chi connectivity index (χ0v) is 14.3. The average Bonchev–Trinajstić information content (AvgIpc) is 2.45. The Hall–Kier alpha value is -0.650. The molecule has 124 valence electrons. The molecule has 0 saturated carbocycles. The van der Waals surface area contributed by atoms with E-state index in [4.69, 9.17) is 9.47 Å². The third-order valence-electron chi connectivity index (χ3n) is 4.09. The molecule has 21 heavy (non-hydrogen) atoms. The van der Waals surface area contributed by atoms with E-state index in [1.54, 1.807) is 0 Å². The lowest BCUT2D eigenvalue weighted by Gasteiger charge is -2.39. The fourth-order valence-corrected chi connectivity index (χ4v) is 2.88. The summed E-state index contributed by atoms with van der Waals surface area (Å²) in [6.45, 7) is 14.1. The van der Waals surface area contributed by atoms with Crippen molar-refractivity contribution in [2.45, 2.75) is 65.1 Å². The first-order valence-electron chi connectivity index (χ1n) is 8.20. The van der Waals surface area contributed by atoms with Crippen LogP contribution in [0.4, 0.5) is 0 Å². The van der Waals surface area contributed by atoms with E-state index < -0.39 is 5.54 Å². The van der Waals surface area contributed by atoms with Gasteiger partial charge in [0, 0.05) is 19.1 Å². The van der Waals surface area contributed by atoms with Crippen LogP contribution in [0.1, 0.15) is 47.5 Å². The Bertz CT molecular complexity index is 325. The van der Waals surface area contributed by atoms with Gasteiger partial charge in [0.2, 0.25) is 0 Å². The molecule has 0 aromatic heterocycles. The fourth-order valence-electron chi connectivity index (χ4n) is 2.88. The number of nitrogens with one attached hydrogen (secondary N) is 1. The van der Waals surface area contributed by atoms with Gasteiger partial charge < -0.3 is 14.8 Å². The van der Waals surface area contributed by atoms with E-state index in [9.17, 15) is 4.79 Å². The van der Waals surface area contributed by atoms with E-state index in [1.807, 2.05) is 13.8 Å². The highest BCUT2D eigenvalue weighted by atomic mass is 16.5. The van der Waals surface area contributed by atoms with E-state index >= 15 is 0 Å². The largest absolute Gasteiger partial charge is 0.465 e. The highest BCUT2D eigenvalue weighted by Crippen LogP contribution is 2.20. The SMILES string of the molecule is CCCNC(C)(CC(C)N1CCOC(C)C1)C(=O)OCC. The van der Waals surface area contributed by atoms with Crippen molar-refractivity contribution >= 4 is 5.97 Å². The Morgan fingerprint density at radius 1 is 1.52 bits per heavy atom. The predicted octanol–water partition coefficient (Wildman–Crippen LogP) is 1.81. The van der Waals surface area contributed by atoms with E-state index in [0.29, 0.717) is 12.6 Å². The second kappa shape index (κ2) is 8.71. The fraction of sp³-hybridized carbons (Fsp3) is 0.938. The molecule has 0 amide bonds. The summed E-state index contributed by atoms with van der Waals surface area (Å²) in [7, 11) is 0. The van der Waals surface area contributed by atoms with Gasteiger partial charge in [0.25, 0.3) is 0 Å². The zero-order valence-electron chi connectivity index (χ0n) is 14.3. The monoisotopic (exact) mass is 300 g/mol. The van der Waals surface area contributed by atoms with Gasteiger partial charge in [-0.3, -0.25) is 9.69 Å². The molecule has 0 aromatic carbocycles. The maximum absolute atomic E-state index is 12.3. The molecule has 3 unspecified atom stereocenters. The van der Waals surface area contributed by atoms with Crippen molar-refractivity contribution in [3.8, 4) is 0 Å². The lowest BCUT2D eigenvalue weighted by atomic mass is 9.92. The summed E-state index contributed by atoms with van der Waals surface area (Å²) < 4.78 is 10.9. The van der Waals surface area contributed by atoms with Crippen molar-refractivity contribution in [1.29, 1.82) is 0 Å². The molecule has 3 atom stereocenters. The van der Waals surface area contributed by atoms with Gasteiger partial charge in [0.15, 0.2) is 0 Å². The van der Waals surface area contributed by atoms with Crippen molar-refractivity contribution in [1.82, 2.24) is 10.2 Å². The quantitative estimate of drug-likeness (QED) is 0.693. The van der Waals surface area contributed by atoms with E-state index in [1.165, 1.54) is 0 Å². The van der Waals surface area contributed by atoms with Gasteiger partial charge in [-0.2, -0.15) is 0 Å². The molecule has 1 saturated heterocycles. The normalized spacial score (nSPS) is 24.3. The molecule has 5 nitrogen and oxygen atoms in total. The topological polar surface area (TPSA) is 50.8 Å². The van der Waals surface area contributed by atoms with Gasteiger partial charge in [0.1, 0.15) is 5.54 Å². The minimum absolute atomic E-state index is 0.147. The van der Waals surface area contributed by atoms with Crippen LogP contribution in [0.25, 0.3) is 0 Å². The van der Waals surface area contributed by atoms with Gasteiger partial charge in [-0.05, 0) is 47.1 Å². The average molecular weight is 300 g/mol. The number of esters is 1. The number of morpholine rings is 1. The molecule has 1 heterocycles.